The van der Waals surface area contributed by atoms with Crippen LogP contribution in [0.5, 0.6) is 0 Å². The summed E-state index contributed by atoms with van der Waals surface area (Å²) in [6.07, 6.45) is -1.06. The average molecular weight is 360 g/mol. The lowest BCUT2D eigenvalue weighted by atomic mass is 10.00. The summed E-state index contributed by atoms with van der Waals surface area (Å²) in [6.45, 7) is 2.01. The van der Waals surface area contributed by atoms with E-state index in [1.165, 1.54) is 4.68 Å². The molecule has 1 aliphatic carbocycles. The quantitative estimate of drug-likeness (QED) is 0.746. The second-order valence-corrected chi connectivity index (χ2v) is 6.61. The van der Waals surface area contributed by atoms with Gasteiger partial charge in [0.2, 0.25) is 0 Å². The molecule has 2 aromatic rings. The Bertz CT molecular complexity index is 806. The van der Waals surface area contributed by atoms with E-state index in [0.29, 0.717) is 0 Å². The summed E-state index contributed by atoms with van der Waals surface area (Å²) in [5, 5.41) is 13.0. The average Bonchev–Trinajstić information content (AvgIpc) is 3.04. The van der Waals surface area contributed by atoms with E-state index in [-0.39, 0.29) is 26.8 Å². The van der Waals surface area contributed by atoms with E-state index in [1.807, 2.05) is 13.0 Å². The number of benzene rings is 1. The maximum absolute atomic E-state index is 12.8. The molecule has 0 bridgehead atoms. The van der Waals surface area contributed by atoms with Gasteiger partial charge in [-0.15, -0.1) is 0 Å². The molecule has 1 heterocycles. The van der Waals surface area contributed by atoms with Crippen LogP contribution in [0.4, 0.5) is 13.2 Å². The van der Waals surface area contributed by atoms with Crippen molar-refractivity contribution in [3.63, 3.8) is 0 Å². The SMILES string of the molecule is CC1(c2cn(-c3c(Cl)cc(C(F)(F)F)cc3Cl)nc2C#N)CC1. The number of nitrogens with zero attached hydrogens (tertiary/aromatic N) is 3. The van der Waals surface area contributed by atoms with Gasteiger partial charge in [-0.25, -0.2) is 4.68 Å². The fourth-order valence-electron chi connectivity index (χ4n) is 2.42. The van der Waals surface area contributed by atoms with E-state index < -0.39 is 11.7 Å². The van der Waals surface area contributed by atoms with Crippen molar-refractivity contribution in [3.05, 3.63) is 45.2 Å². The lowest BCUT2D eigenvalue weighted by Gasteiger charge is -2.12. The second-order valence-electron chi connectivity index (χ2n) is 5.79. The highest BCUT2D eigenvalue weighted by Gasteiger charge is 2.42. The van der Waals surface area contributed by atoms with Gasteiger partial charge < -0.3 is 0 Å². The van der Waals surface area contributed by atoms with Crippen LogP contribution < -0.4 is 0 Å². The van der Waals surface area contributed by atoms with Gasteiger partial charge in [0.25, 0.3) is 0 Å². The van der Waals surface area contributed by atoms with E-state index in [4.69, 9.17) is 23.2 Å². The first kappa shape index (κ1) is 16.2. The first-order valence-electron chi connectivity index (χ1n) is 6.72. The molecule has 0 unspecified atom stereocenters. The molecule has 1 aliphatic rings. The minimum Gasteiger partial charge on any atom is -0.236 e. The van der Waals surface area contributed by atoms with Crippen LogP contribution >= 0.6 is 23.2 Å². The second kappa shape index (κ2) is 5.15. The van der Waals surface area contributed by atoms with E-state index >= 15 is 0 Å². The Balaban J connectivity index is 2.13. The highest BCUT2D eigenvalue weighted by molar-refractivity contribution is 6.37. The Hall–Kier alpha value is -1.71. The summed E-state index contributed by atoms with van der Waals surface area (Å²) in [7, 11) is 0. The number of hydrogen-bond acceptors (Lipinski definition) is 2. The number of aromatic nitrogens is 2. The van der Waals surface area contributed by atoms with E-state index in [9.17, 15) is 18.4 Å². The molecule has 8 heteroatoms. The molecule has 0 spiro atoms. The smallest absolute Gasteiger partial charge is 0.236 e. The molecule has 0 saturated heterocycles. The third-order valence-corrected chi connectivity index (χ3v) is 4.62. The molecule has 1 saturated carbocycles. The van der Waals surface area contributed by atoms with Crippen LogP contribution in [-0.4, -0.2) is 9.78 Å². The maximum atomic E-state index is 12.8. The molecular formula is C15H10Cl2F3N3. The number of nitriles is 1. The maximum Gasteiger partial charge on any atom is 0.416 e. The summed E-state index contributed by atoms with van der Waals surface area (Å²) in [6, 6.07) is 3.61. The van der Waals surface area contributed by atoms with Gasteiger partial charge in [0.1, 0.15) is 11.8 Å². The molecule has 3 nitrogen and oxygen atoms in total. The summed E-state index contributed by atoms with van der Waals surface area (Å²) >= 11 is 12.0. The first-order chi connectivity index (χ1) is 10.7. The molecule has 0 aliphatic heterocycles. The molecule has 1 aromatic carbocycles. The predicted molar refractivity (Wildman–Crippen MR) is 79.9 cm³/mol. The zero-order valence-corrected chi connectivity index (χ0v) is 13.4. The van der Waals surface area contributed by atoms with Crippen molar-refractivity contribution in [2.24, 2.45) is 0 Å². The van der Waals surface area contributed by atoms with Gasteiger partial charge in [-0.2, -0.15) is 23.5 Å². The highest BCUT2D eigenvalue weighted by atomic mass is 35.5. The van der Waals surface area contributed by atoms with Crippen molar-refractivity contribution in [1.82, 2.24) is 9.78 Å². The van der Waals surface area contributed by atoms with Crippen molar-refractivity contribution in [2.45, 2.75) is 31.4 Å². The monoisotopic (exact) mass is 359 g/mol. The lowest BCUT2D eigenvalue weighted by molar-refractivity contribution is -0.137. The fraction of sp³-hybridized carbons (Fsp3) is 0.333. The molecule has 0 amide bonds. The number of hydrogen-bond donors (Lipinski definition) is 0. The zero-order chi connectivity index (χ0) is 17.0. The van der Waals surface area contributed by atoms with Crippen LogP contribution in [0.15, 0.2) is 18.3 Å². The van der Waals surface area contributed by atoms with Crippen LogP contribution in [0.25, 0.3) is 5.69 Å². The van der Waals surface area contributed by atoms with E-state index in [1.54, 1.807) is 6.20 Å². The molecule has 1 fully saturated rings. The molecule has 120 valence electrons. The summed E-state index contributed by atoms with van der Waals surface area (Å²) in [5.74, 6) is 0. The van der Waals surface area contributed by atoms with Gasteiger partial charge in [-0.05, 0) is 30.4 Å². The van der Waals surface area contributed by atoms with E-state index in [0.717, 1.165) is 30.5 Å². The Labute approximate surface area is 140 Å². The van der Waals surface area contributed by atoms with Crippen LogP contribution in [0.3, 0.4) is 0 Å². The van der Waals surface area contributed by atoms with Gasteiger partial charge in [0.15, 0.2) is 5.69 Å². The zero-order valence-electron chi connectivity index (χ0n) is 11.9. The summed E-state index contributed by atoms with van der Waals surface area (Å²) in [4.78, 5) is 0. The topological polar surface area (TPSA) is 41.6 Å². The summed E-state index contributed by atoms with van der Waals surface area (Å²) < 4.78 is 39.6. The molecule has 1 aromatic heterocycles. The van der Waals surface area contributed by atoms with Crippen LogP contribution in [0, 0.1) is 11.3 Å². The highest BCUT2D eigenvalue weighted by Crippen LogP contribution is 2.49. The van der Waals surface area contributed by atoms with Crippen molar-refractivity contribution in [3.8, 4) is 11.8 Å². The van der Waals surface area contributed by atoms with Crippen LogP contribution in [-0.2, 0) is 11.6 Å². The molecular weight excluding hydrogens is 350 g/mol. The molecule has 0 N–H and O–H groups in total. The summed E-state index contributed by atoms with van der Waals surface area (Å²) in [5.41, 5.74) is 0.0736. The Kier molecular flexibility index (Phi) is 3.62. The molecule has 0 atom stereocenters. The molecule has 23 heavy (non-hydrogen) atoms. The number of halogens is 5. The molecule has 0 radical (unpaired) electrons. The number of alkyl halides is 3. The van der Waals surface area contributed by atoms with Gasteiger partial charge in [-0.3, -0.25) is 0 Å². The van der Waals surface area contributed by atoms with Gasteiger partial charge in [0.05, 0.1) is 15.6 Å². The van der Waals surface area contributed by atoms with Crippen molar-refractivity contribution in [2.75, 3.05) is 0 Å². The minimum absolute atomic E-state index is 0.117. The van der Waals surface area contributed by atoms with Gasteiger partial charge >= 0.3 is 6.18 Å². The van der Waals surface area contributed by atoms with Gasteiger partial charge in [0, 0.05) is 11.8 Å². The minimum atomic E-state index is -4.54. The lowest BCUT2D eigenvalue weighted by Crippen LogP contribution is -2.07. The fourth-order valence-corrected chi connectivity index (χ4v) is 3.08. The third kappa shape index (κ3) is 2.79. The van der Waals surface area contributed by atoms with Crippen molar-refractivity contribution >= 4 is 23.2 Å². The predicted octanol–water partition coefficient (Wildman–Crippen LogP) is 5.12. The Morgan fingerprint density at radius 1 is 1.26 bits per heavy atom. The number of rotatable bonds is 2. The Morgan fingerprint density at radius 2 is 1.83 bits per heavy atom. The van der Waals surface area contributed by atoms with Crippen LogP contribution in [0.1, 0.15) is 36.6 Å². The van der Waals surface area contributed by atoms with Crippen LogP contribution in [0.2, 0.25) is 10.0 Å². The Morgan fingerprint density at radius 3 is 2.26 bits per heavy atom. The third-order valence-electron chi connectivity index (χ3n) is 4.04. The normalized spacial score (nSPS) is 16.2. The van der Waals surface area contributed by atoms with Crippen molar-refractivity contribution in [1.29, 1.82) is 5.26 Å². The van der Waals surface area contributed by atoms with E-state index in [2.05, 4.69) is 5.10 Å². The van der Waals surface area contributed by atoms with Crippen molar-refractivity contribution < 1.29 is 13.2 Å². The largest absolute Gasteiger partial charge is 0.416 e. The van der Waals surface area contributed by atoms with Gasteiger partial charge in [-0.1, -0.05) is 30.1 Å². The standard InChI is InChI=1S/C15H10Cl2F3N3/c1-14(2-3-14)9-7-23(22-12(9)6-21)13-10(16)4-8(5-11(13)17)15(18,19)20/h4-5,7H,2-3H2,1H3. The first-order valence-corrected chi connectivity index (χ1v) is 7.48. The molecule has 3 rings (SSSR count).